The molecule has 8 aromatic carbocycles. The van der Waals surface area contributed by atoms with E-state index in [2.05, 4.69) is 97.1 Å². The average Bonchev–Trinajstić information content (AvgIpc) is 3.97. The Morgan fingerprint density at radius 1 is 0.333 bits per heavy atom. The number of nitrogens with zero attached hydrogens (tertiary/aromatic N) is 3. The lowest BCUT2D eigenvalue weighted by molar-refractivity contribution is 0.669. The lowest BCUT2D eigenvalue weighted by Gasteiger charge is -2.11. The summed E-state index contributed by atoms with van der Waals surface area (Å²) in [6.07, 6.45) is 0. The van der Waals surface area contributed by atoms with Crippen molar-refractivity contribution in [1.82, 2.24) is 15.0 Å². The van der Waals surface area contributed by atoms with Gasteiger partial charge in [-0.25, -0.2) is 15.0 Å². The lowest BCUT2D eigenvalue weighted by Crippen LogP contribution is -2.00. The van der Waals surface area contributed by atoms with Crippen LogP contribution < -0.4 is 0 Å². The topological polar surface area (TPSA) is 65.0 Å². The molecule has 0 aliphatic carbocycles. The Bertz CT molecular complexity index is 3470. The first-order valence-electron chi connectivity index (χ1n) is 18.9. The van der Waals surface area contributed by atoms with Crippen molar-refractivity contribution in [2.24, 2.45) is 0 Å². The van der Waals surface area contributed by atoms with Crippen LogP contribution in [-0.4, -0.2) is 15.0 Å². The van der Waals surface area contributed by atoms with E-state index in [0.29, 0.717) is 17.5 Å². The van der Waals surface area contributed by atoms with Gasteiger partial charge in [0, 0.05) is 58.4 Å². The van der Waals surface area contributed by atoms with Crippen molar-refractivity contribution in [2.75, 3.05) is 0 Å². The summed E-state index contributed by atoms with van der Waals surface area (Å²) in [5, 5.41) is 6.74. The maximum absolute atomic E-state index is 6.63. The van der Waals surface area contributed by atoms with Crippen LogP contribution in [0.1, 0.15) is 0 Å². The second-order valence-corrected chi connectivity index (χ2v) is 15.4. The molecule has 0 radical (unpaired) electrons. The van der Waals surface area contributed by atoms with Crippen molar-refractivity contribution >= 4 is 75.4 Å². The zero-order chi connectivity index (χ0) is 37.5. The predicted molar refractivity (Wildman–Crippen MR) is 234 cm³/mol. The molecule has 4 heterocycles. The minimum Gasteiger partial charge on any atom is -0.456 e. The lowest BCUT2D eigenvalue weighted by atomic mass is 9.91. The quantitative estimate of drug-likeness (QED) is 0.175. The number of hydrogen-bond acceptors (Lipinski definition) is 6. The second kappa shape index (κ2) is 12.6. The monoisotopic (exact) mass is 747 g/mol. The third-order valence-electron chi connectivity index (χ3n) is 10.9. The molecule has 0 fully saturated rings. The highest BCUT2D eigenvalue weighted by atomic mass is 32.1. The molecule has 266 valence electrons. The van der Waals surface area contributed by atoms with Crippen LogP contribution in [0.4, 0.5) is 0 Å². The maximum Gasteiger partial charge on any atom is 0.165 e. The van der Waals surface area contributed by atoms with Crippen LogP contribution in [-0.2, 0) is 0 Å². The van der Waals surface area contributed by atoms with Crippen molar-refractivity contribution in [3.05, 3.63) is 176 Å². The van der Waals surface area contributed by atoms with E-state index in [-0.39, 0.29) is 0 Å². The molecule has 0 saturated carbocycles. The van der Waals surface area contributed by atoms with Gasteiger partial charge in [0.1, 0.15) is 22.3 Å². The van der Waals surface area contributed by atoms with E-state index >= 15 is 0 Å². The number of furan rings is 2. The fraction of sp³-hybridized carbons (Fsp3) is 0. The Kier molecular flexibility index (Phi) is 7.03. The molecule has 57 heavy (non-hydrogen) atoms. The van der Waals surface area contributed by atoms with Crippen molar-refractivity contribution in [1.29, 1.82) is 0 Å². The van der Waals surface area contributed by atoms with Gasteiger partial charge in [0.2, 0.25) is 0 Å². The van der Waals surface area contributed by atoms with Crippen molar-refractivity contribution in [2.45, 2.75) is 0 Å². The van der Waals surface area contributed by atoms with Crippen LogP contribution in [0.25, 0.3) is 120 Å². The molecule has 0 N–H and O–H groups in total. The summed E-state index contributed by atoms with van der Waals surface area (Å²) in [4.78, 5) is 15.2. The summed E-state index contributed by atoms with van der Waals surface area (Å²) in [5.41, 5.74) is 10.8. The van der Waals surface area contributed by atoms with E-state index in [9.17, 15) is 0 Å². The molecule has 0 aliphatic heterocycles. The summed E-state index contributed by atoms with van der Waals surface area (Å²) in [5.74, 6) is 1.94. The zero-order valence-corrected chi connectivity index (χ0v) is 31.1. The van der Waals surface area contributed by atoms with Crippen LogP contribution in [0.3, 0.4) is 0 Å². The van der Waals surface area contributed by atoms with Gasteiger partial charge in [0.05, 0.1) is 0 Å². The predicted octanol–water partition coefficient (Wildman–Crippen LogP) is 14.4. The molecule has 0 spiro atoms. The van der Waals surface area contributed by atoms with E-state index in [0.717, 1.165) is 92.9 Å². The average molecular weight is 748 g/mol. The number of rotatable bonds is 5. The maximum atomic E-state index is 6.63. The molecule has 4 aromatic heterocycles. The molecule has 12 rings (SSSR count). The number of benzene rings is 8. The first-order valence-corrected chi connectivity index (χ1v) is 19.7. The van der Waals surface area contributed by atoms with Gasteiger partial charge >= 0.3 is 0 Å². The Hall–Kier alpha value is -7.41. The second-order valence-electron chi connectivity index (χ2n) is 14.3. The smallest absolute Gasteiger partial charge is 0.165 e. The van der Waals surface area contributed by atoms with E-state index < -0.39 is 0 Å². The third-order valence-corrected chi connectivity index (χ3v) is 12.1. The van der Waals surface area contributed by atoms with Crippen molar-refractivity contribution in [3.8, 4) is 56.4 Å². The molecule has 12 aromatic rings. The van der Waals surface area contributed by atoms with Gasteiger partial charge in [-0.1, -0.05) is 127 Å². The first-order chi connectivity index (χ1) is 28.2. The Morgan fingerprint density at radius 3 is 1.70 bits per heavy atom. The van der Waals surface area contributed by atoms with Crippen molar-refractivity contribution < 1.29 is 8.83 Å². The van der Waals surface area contributed by atoms with Gasteiger partial charge in [0.25, 0.3) is 0 Å². The van der Waals surface area contributed by atoms with Gasteiger partial charge < -0.3 is 8.83 Å². The Balaban J connectivity index is 1.10. The van der Waals surface area contributed by atoms with Gasteiger partial charge in [-0.15, -0.1) is 11.3 Å². The van der Waals surface area contributed by atoms with Crippen LogP contribution in [0.15, 0.2) is 185 Å². The highest BCUT2D eigenvalue weighted by molar-refractivity contribution is 7.26. The standard InChI is InChI=1S/C51H29N3O2S/c1-3-13-30(14-4-1)49-52-50(31-15-5-2-6-16-31)54-51(53-49)38-21-11-20-37-47-35(19-12-24-45(47)57-48(37)38)40-28-33(29-44-46(40)36-18-8-10-23-42(36)56-44)32-25-26-43-39(27-32)34-17-7-9-22-41(34)55-43/h1-29H. The molecule has 0 unspecified atom stereocenters. The Morgan fingerprint density at radius 2 is 0.930 bits per heavy atom. The molecule has 0 amide bonds. The van der Waals surface area contributed by atoms with Crippen LogP contribution in [0.2, 0.25) is 0 Å². The van der Waals surface area contributed by atoms with E-state index in [1.165, 1.54) is 10.1 Å². The minimum absolute atomic E-state index is 0.644. The molecular weight excluding hydrogens is 719 g/mol. The van der Waals surface area contributed by atoms with Gasteiger partial charge in [-0.05, 0) is 70.8 Å². The largest absolute Gasteiger partial charge is 0.456 e. The van der Waals surface area contributed by atoms with Gasteiger partial charge in [-0.2, -0.15) is 0 Å². The summed E-state index contributed by atoms with van der Waals surface area (Å²) in [6, 6.07) is 60.9. The van der Waals surface area contributed by atoms with Gasteiger partial charge in [0.15, 0.2) is 17.5 Å². The molecule has 0 bridgehead atoms. The van der Waals surface area contributed by atoms with Crippen LogP contribution in [0, 0.1) is 0 Å². The number of fused-ring (bicyclic) bond motifs is 9. The number of para-hydroxylation sites is 2. The molecule has 0 saturated heterocycles. The minimum atomic E-state index is 0.644. The summed E-state index contributed by atoms with van der Waals surface area (Å²) in [7, 11) is 0. The Labute approximate surface area is 330 Å². The van der Waals surface area contributed by atoms with Crippen LogP contribution >= 0.6 is 11.3 Å². The number of aromatic nitrogens is 3. The van der Waals surface area contributed by atoms with E-state index in [4.69, 9.17) is 23.8 Å². The fourth-order valence-corrected chi connectivity index (χ4v) is 9.55. The summed E-state index contributed by atoms with van der Waals surface area (Å²) >= 11 is 1.78. The molecule has 6 heteroatoms. The number of thiophene rings is 1. The number of hydrogen-bond donors (Lipinski definition) is 0. The van der Waals surface area contributed by atoms with E-state index in [1.54, 1.807) is 11.3 Å². The summed E-state index contributed by atoms with van der Waals surface area (Å²) in [6.45, 7) is 0. The molecular formula is C51H29N3O2S. The molecule has 0 atom stereocenters. The van der Waals surface area contributed by atoms with Crippen molar-refractivity contribution in [3.63, 3.8) is 0 Å². The van der Waals surface area contributed by atoms with Crippen LogP contribution in [0.5, 0.6) is 0 Å². The third kappa shape index (κ3) is 5.12. The SMILES string of the molecule is c1ccc(-c2nc(-c3ccccc3)nc(-c3cccc4c3sc3cccc(-c5cc(-c6ccc7oc8ccccc8c7c6)cc6oc7ccccc7c56)c34)n2)cc1. The van der Waals surface area contributed by atoms with E-state index in [1.807, 2.05) is 78.9 Å². The molecule has 0 aliphatic rings. The fourth-order valence-electron chi connectivity index (χ4n) is 8.32. The van der Waals surface area contributed by atoms with Gasteiger partial charge in [-0.3, -0.25) is 0 Å². The zero-order valence-electron chi connectivity index (χ0n) is 30.3. The summed E-state index contributed by atoms with van der Waals surface area (Å²) < 4.78 is 15.1. The molecule has 5 nitrogen and oxygen atoms in total. The normalized spacial score (nSPS) is 11.9. The highest BCUT2D eigenvalue weighted by Gasteiger charge is 2.22. The highest BCUT2D eigenvalue weighted by Crippen LogP contribution is 2.47. The first kappa shape index (κ1) is 31.9.